The number of benzene rings is 1. The van der Waals surface area contributed by atoms with Crippen molar-refractivity contribution in [2.75, 3.05) is 18.5 Å². The molecule has 0 saturated carbocycles. The first-order valence-electron chi connectivity index (χ1n) is 7.78. The quantitative estimate of drug-likeness (QED) is 0.565. The lowest BCUT2D eigenvalue weighted by Gasteiger charge is -2.15. The zero-order valence-corrected chi connectivity index (χ0v) is 14.4. The standard InChI is InChI=1S/C17H18N4O5/c1-17(2)15(24)21(16(25)20-17)9-14(23)26-10-13(22)19-12-5-3-11(4-6-12)7-8-18/h3-6H,7,9-10H2,1-2H3,(H,19,22)(H,20,25). The summed E-state index contributed by atoms with van der Waals surface area (Å²) in [5, 5.41) is 13.6. The van der Waals surface area contributed by atoms with Crippen LogP contribution < -0.4 is 10.6 Å². The number of anilines is 1. The highest BCUT2D eigenvalue weighted by atomic mass is 16.5. The minimum Gasteiger partial charge on any atom is -0.454 e. The summed E-state index contributed by atoms with van der Waals surface area (Å²) in [4.78, 5) is 47.9. The first kappa shape index (κ1) is 18.9. The largest absolute Gasteiger partial charge is 0.454 e. The Morgan fingerprint density at radius 2 is 1.92 bits per heavy atom. The minimum absolute atomic E-state index is 0.269. The summed E-state index contributed by atoms with van der Waals surface area (Å²) in [7, 11) is 0. The number of imide groups is 1. The van der Waals surface area contributed by atoms with Crippen LogP contribution in [0.5, 0.6) is 0 Å². The Balaban J connectivity index is 1.80. The van der Waals surface area contributed by atoms with Crippen molar-refractivity contribution < 1.29 is 23.9 Å². The van der Waals surface area contributed by atoms with E-state index in [-0.39, 0.29) is 6.42 Å². The lowest BCUT2D eigenvalue weighted by molar-refractivity contribution is -0.150. The first-order chi connectivity index (χ1) is 12.2. The smallest absolute Gasteiger partial charge is 0.326 e. The van der Waals surface area contributed by atoms with Gasteiger partial charge in [-0.1, -0.05) is 12.1 Å². The second kappa shape index (κ2) is 7.65. The van der Waals surface area contributed by atoms with Crippen molar-refractivity contribution in [1.82, 2.24) is 10.2 Å². The van der Waals surface area contributed by atoms with Gasteiger partial charge in [-0.05, 0) is 31.5 Å². The molecule has 136 valence electrons. The summed E-state index contributed by atoms with van der Waals surface area (Å²) in [6.45, 7) is 1.93. The molecule has 0 unspecified atom stereocenters. The molecule has 0 aromatic heterocycles. The molecule has 1 fully saturated rings. The Morgan fingerprint density at radius 3 is 2.46 bits per heavy atom. The molecule has 2 N–H and O–H groups in total. The van der Waals surface area contributed by atoms with E-state index in [9.17, 15) is 19.2 Å². The number of hydrogen-bond acceptors (Lipinski definition) is 6. The lowest BCUT2D eigenvalue weighted by Crippen LogP contribution is -2.41. The van der Waals surface area contributed by atoms with Crippen LogP contribution in [0, 0.1) is 11.3 Å². The number of carbonyl (C=O) groups excluding carboxylic acids is 4. The lowest BCUT2D eigenvalue weighted by atomic mass is 10.1. The number of esters is 1. The fraction of sp³-hybridized carbons (Fsp3) is 0.353. The van der Waals surface area contributed by atoms with Crippen LogP contribution >= 0.6 is 0 Å². The Bertz CT molecular complexity index is 779. The number of nitrogens with zero attached hydrogens (tertiary/aromatic N) is 2. The number of ether oxygens (including phenoxy) is 1. The Labute approximate surface area is 149 Å². The van der Waals surface area contributed by atoms with Crippen LogP contribution in [0.1, 0.15) is 19.4 Å². The summed E-state index contributed by atoms with van der Waals surface area (Å²) in [5.41, 5.74) is 0.226. The van der Waals surface area contributed by atoms with Crippen molar-refractivity contribution in [2.24, 2.45) is 0 Å². The monoisotopic (exact) mass is 358 g/mol. The maximum absolute atomic E-state index is 12.0. The van der Waals surface area contributed by atoms with Crippen LogP contribution in [0.2, 0.25) is 0 Å². The van der Waals surface area contributed by atoms with Crippen molar-refractivity contribution in [1.29, 1.82) is 5.26 Å². The second-order valence-corrected chi connectivity index (χ2v) is 6.19. The van der Waals surface area contributed by atoms with E-state index >= 15 is 0 Å². The van der Waals surface area contributed by atoms with Gasteiger partial charge in [0.2, 0.25) is 0 Å². The Kier molecular flexibility index (Phi) is 5.57. The van der Waals surface area contributed by atoms with E-state index in [0.717, 1.165) is 10.5 Å². The van der Waals surface area contributed by atoms with E-state index in [0.29, 0.717) is 5.69 Å². The van der Waals surface area contributed by atoms with Crippen LogP contribution in [0.15, 0.2) is 24.3 Å². The van der Waals surface area contributed by atoms with Crippen LogP contribution in [0.3, 0.4) is 0 Å². The fourth-order valence-electron chi connectivity index (χ4n) is 2.28. The van der Waals surface area contributed by atoms with Crippen LogP contribution in [-0.2, 0) is 25.5 Å². The highest BCUT2D eigenvalue weighted by molar-refractivity contribution is 6.08. The van der Waals surface area contributed by atoms with E-state index in [1.165, 1.54) is 13.8 Å². The van der Waals surface area contributed by atoms with Gasteiger partial charge in [0, 0.05) is 5.69 Å². The topological polar surface area (TPSA) is 129 Å². The molecule has 1 aromatic rings. The predicted octanol–water partition coefficient (Wildman–Crippen LogP) is 0.565. The maximum Gasteiger partial charge on any atom is 0.326 e. The molecular weight excluding hydrogens is 340 g/mol. The van der Waals surface area contributed by atoms with Crippen LogP contribution in [-0.4, -0.2) is 47.4 Å². The molecule has 26 heavy (non-hydrogen) atoms. The third kappa shape index (κ3) is 4.57. The summed E-state index contributed by atoms with van der Waals surface area (Å²) in [6, 6.07) is 7.99. The number of nitriles is 1. The van der Waals surface area contributed by atoms with Crippen LogP contribution in [0.25, 0.3) is 0 Å². The van der Waals surface area contributed by atoms with Crippen molar-refractivity contribution >= 4 is 29.5 Å². The average molecular weight is 358 g/mol. The van der Waals surface area contributed by atoms with Gasteiger partial charge in [-0.25, -0.2) is 4.79 Å². The molecule has 0 atom stereocenters. The number of amides is 4. The molecular formula is C17H18N4O5. The van der Waals surface area contributed by atoms with Gasteiger partial charge in [-0.15, -0.1) is 0 Å². The Hall–Kier alpha value is -3.41. The normalized spacial score (nSPS) is 15.2. The number of nitrogens with one attached hydrogen (secondary N) is 2. The molecule has 1 aromatic carbocycles. The van der Waals surface area contributed by atoms with Crippen molar-refractivity contribution in [3.05, 3.63) is 29.8 Å². The predicted molar refractivity (Wildman–Crippen MR) is 89.7 cm³/mol. The van der Waals surface area contributed by atoms with Crippen molar-refractivity contribution in [2.45, 2.75) is 25.8 Å². The zero-order valence-electron chi connectivity index (χ0n) is 14.4. The number of urea groups is 1. The fourth-order valence-corrected chi connectivity index (χ4v) is 2.28. The maximum atomic E-state index is 12.0. The third-order valence-electron chi connectivity index (χ3n) is 3.62. The molecule has 9 nitrogen and oxygen atoms in total. The molecule has 1 aliphatic heterocycles. The molecule has 2 rings (SSSR count). The van der Waals surface area contributed by atoms with Crippen molar-refractivity contribution in [3.63, 3.8) is 0 Å². The summed E-state index contributed by atoms with van der Waals surface area (Å²) in [5.74, 6) is -1.98. The van der Waals surface area contributed by atoms with Gasteiger partial charge < -0.3 is 15.4 Å². The number of hydrogen-bond donors (Lipinski definition) is 2. The molecule has 0 spiro atoms. The first-order valence-corrected chi connectivity index (χ1v) is 7.78. The van der Waals surface area contributed by atoms with Crippen molar-refractivity contribution in [3.8, 4) is 6.07 Å². The average Bonchev–Trinajstić information content (AvgIpc) is 2.77. The van der Waals surface area contributed by atoms with E-state index in [2.05, 4.69) is 10.6 Å². The zero-order chi connectivity index (χ0) is 19.3. The van der Waals surface area contributed by atoms with E-state index in [4.69, 9.17) is 10.00 Å². The number of rotatable bonds is 6. The highest BCUT2D eigenvalue weighted by Crippen LogP contribution is 2.16. The summed E-state index contributed by atoms with van der Waals surface area (Å²) < 4.78 is 4.80. The molecule has 0 bridgehead atoms. The molecule has 0 aliphatic carbocycles. The van der Waals surface area contributed by atoms with Crippen LogP contribution in [0.4, 0.5) is 10.5 Å². The molecule has 9 heteroatoms. The molecule has 1 heterocycles. The summed E-state index contributed by atoms with van der Waals surface area (Å²) in [6.07, 6.45) is 0.269. The summed E-state index contributed by atoms with van der Waals surface area (Å²) >= 11 is 0. The van der Waals surface area contributed by atoms with Gasteiger partial charge in [-0.3, -0.25) is 19.3 Å². The van der Waals surface area contributed by atoms with Gasteiger partial charge >= 0.3 is 12.0 Å². The van der Waals surface area contributed by atoms with Gasteiger partial charge in [0.05, 0.1) is 12.5 Å². The van der Waals surface area contributed by atoms with E-state index in [1.807, 2.05) is 6.07 Å². The van der Waals surface area contributed by atoms with Gasteiger partial charge in [0.15, 0.2) is 6.61 Å². The van der Waals surface area contributed by atoms with Gasteiger partial charge in [0.1, 0.15) is 12.1 Å². The Morgan fingerprint density at radius 1 is 1.27 bits per heavy atom. The van der Waals surface area contributed by atoms with E-state index < -0.39 is 42.5 Å². The molecule has 0 radical (unpaired) electrons. The van der Waals surface area contributed by atoms with Gasteiger partial charge in [-0.2, -0.15) is 5.26 Å². The van der Waals surface area contributed by atoms with Gasteiger partial charge in [0.25, 0.3) is 11.8 Å². The number of carbonyl (C=O) groups is 4. The molecule has 1 saturated heterocycles. The SMILES string of the molecule is CC1(C)NC(=O)N(CC(=O)OCC(=O)Nc2ccc(CC#N)cc2)C1=O. The third-order valence-corrected chi connectivity index (χ3v) is 3.62. The van der Waals surface area contributed by atoms with E-state index in [1.54, 1.807) is 24.3 Å². The molecule has 4 amide bonds. The minimum atomic E-state index is -1.08. The second-order valence-electron chi connectivity index (χ2n) is 6.19. The highest BCUT2D eigenvalue weighted by Gasteiger charge is 2.45. The molecule has 1 aliphatic rings.